The van der Waals surface area contributed by atoms with Crippen LogP contribution in [0.15, 0.2) is 12.1 Å². The van der Waals surface area contributed by atoms with Crippen LogP contribution in [0.1, 0.15) is 36.3 Å². The molecule has 1 aliphatic carbocycles. The Bertz CT molecular complexity index is 444. The van der Waals surface area contributed by atoms with Crippen LogP contribution in [0, 0.1) is 0 Å². The number of benzene rings is 1. The van der Waals surface area contributed by atoms with Gasteiger partial charge < -0.3 is 15.1 Å². The van der Waals surface area contributed by atoms with Gasteiger partial charge in [0.25, 0.3) is 0 Å². The van der Waals surface area contributed by atoms with Crippen molar-refractivity contribution in [2.75, 3.05) is 13.6 Å². The third-order valence-electron chi connectivity index (χ3n) is 4.44. The lowest BCUT2D eigenvalue weighted by Crippen LogP contribution is -2.43. The summed E-state index contributed by atoms with van der Waals surface area (Å²) in [6.07, 6.45) is 4.39. The van der Waals surface area contributed by atoms with Gasteiger partial charge >= 0.3 is 0 Å². The molecule has 0 unspecified atom stereocenters. The minimum absolute atomic E-state index is 0.0198. The third kappa shape index (κ3) is 1.61. The summed E-state index contributed by atoms with van der Waals surface area (Å²) in [6.45, 7) is 1.18. The quantitative estimate of drug-likeness (QED) is 0.675. The smallest absolute Gasteiger partial charge is 0.160 e. The van der Waals surface area contributed by atoms with Crippen molar-refractivity contribution in [1.29, 1.82) is 0 Å². The van der Waals surface area contributed by atoms with Gasteiger partial charge in [-0.2, -0.15) is 0 Å². The van der Waals surface area contributed by atoms with E-state index in [1.807, 2.05) is 6.07 Å². The Labute approximate surface area is 102 Å². The highest BCUT2D eigenvalue weighted by molar-refractivity contribution is 5.51. The molecule has 3 nitrogen and oxygen atoms in total. The maximum absolute atomic E-state index is 9.94. The Morgan fingerprint density at radius 2 is 2.06 bits per heavy atom. The van der Waals surface area contributed by atoms with Crippen molar-refractivity contribution in [3.63, 3.8) is 0 Å². The van der Waals surface area contributed by atoms with Crippen LogP contribution >= 0.6 is 0 Å². The largest absolute Gasteiger partial charge is 0.504 e. The molecule has 1 saturated heterocycles. The number of hydrogen-bond acceptors (Lipinski definition) is 3. The number of likely N-dealkylation sites (tertiary alicyclic amines) is 1. The van der Waals surface area contributed by atoms with Crippen molar-refractivity contribution < 1.29 is 10.2 Å². The third-order valence-corrected chi connectivity index (χ3v) is 4.44. The van der Waals surface area contributed by atoms with Crippen LogP contribution in [0.2, 0.25) is 0 Å². The van der Waals surface area contributed by atoms with E-state index in [-0.39, 0.29) is 11.5 Å². The van der Waals surface area contributed by atoms with E-state index >= 15 is 0 Å². The summed E-state index contributed by atoms with van der Waals surface area (Å²) < 4.78 is 0. The molecule has 0 amide bonds. The number of fused-ring (bicyclic) bond motifs is 3. The summed E-state index contributed by atoms with van der Waals surface area (Å²) >= 11 is 0. The minimum Gasteiger partial charge on any atom is -0.504 e. The van der Waals surface area contributed by atoms with Crippen molar-refractivity contribution in [1.82, 2.24) is 4.90 Å². The van der Waals surface area contributed by atoms with E-state index in [0.29, 0.717) is 12.0 Å². The zero-order valence-corrected chi connectivity index (χ0v) is 10.2. The fraction of sp³-hybridized carbons (Fsp3) is 0.571. The standard InChI is InChI=1S/C14H19NO2/c1-15-8-2-3-10-9-5-7-13(16)14(17)11(9)4-6-12(10)15/h5,7,10,12,16-17H,2-4,6,8H2,1H3/t10-,12-/m0/s1. The van der Waals surface area contributed by atoms with E-state index in [1.54, 1.807) is 6.07 Å². The van der Waals surface area contributed by atoms with Crippen LogP contribution in [0.4, 0.5) is 0 Å². The van der Waals surface area contributed by atoms with Gasteiger partial charge in [0.15, 0.2) is 11.5 Å². The van der Waals surface area contributed by atoms with Gasteiger partial charge in [-0.15, -0.1) is 0 Å². The van der Waals surface area contributed by atoms with Gasteiger partial charge in [-0.3, -0.25) is 0 Å². The lowest BCUT2D eigenvalue weighted by atomic mass is 9.74. The maximum atomic E-state index is 9.94. The summed E-state index contributed by atoms with van der Waals surface area (Å²) in [6, 6.07) is 4.24. The lowest BCUT2D eigenvalue weighted by Gasteiger charge is -2.43. The first kappa shape index (κ1) is 10.9. The van der Waals surface area contributed by atoms with E-state index < -0.39 is 0 Å². The molecule has 0 saturated carbocycles. The second-order valence-corrected chi connectivity index (χ2v) is 5.34. The van der Waals surface area contributed by atoms with Crippen molar-refractivity contribution in [3.8, 4) is 11.5 Å². The number of phenols is 2. The Morgan fingerprint density at radius 3 is 2.88 bits per heavy atom. The van der Waals surface area contributed by atoms with Crippen LogP contribution in [-0.4, -0.2) is 34.7 Å². The summed E-state index contributed by atoms with van der Waals surface area (Å²) in [5.74, 6) is 0.657. The Kier molecular flexibility index (Phi) is 2.51. The number of aromatic hydroxyl groups is 2. The lowest BCUT2D eigenvalue weighted by molar-refractivity contribution is 0.143. The van der Waals surface area contributed by atoms with Crippen LogP contribution < -0.4 is 0 Å². The van der Waals surface area contributed by atoms with E-state index in [2.05, 4.69) is 11.9 Å². The van der Waals surface area contributed by atoms with E-state index in [9.17, 15) is 10.2 Å². The molecular weight excluding hydrogens is 214 g/mol. The number of piperidine rings is 1. The number of hydrogen-bond donors (Lipinski definition) is 2. The van der Waals surface area contributed by atoms with Gasteiger partial charge in [-0.05, 0) is 56.8 Å². The van der Waals surface area contributed by atoms with E-state index in [0.717, 1.165) is 18.4 Å². The average molecular weight is 233 g/mol. The Balaban J connectivity index is 2.05. The van der Waals surface area contributed by atoms with Crippen molar-refractivity contribution in [2.45, 2.75) is 37.6 Å². The van der Waals surface area contributed by atoms with Crippen molar-refractivity contribution in [2.24, 2.45) is 0 Å². The first-order chi connectivity index (χ1) is 8.18. The topological polar surface area (TPSA) is 43.7 Å². The first-order valence-electron chi connectivity index (χ1n) is 6.42. The highest BCUT2D eigenvalue weighted by atomic mass is 16.3. The van der Waals surface area contributed by atoms with E-state index in [4.69, 9.17) is 0 Å². The first-order valence-corrected chi connectivity index (χ1v) is 6.42. The fourth-order valence-corrected chi connectivity index (χ4v) is 3.55. The normalized spacial score (nSPS) is 28.5. The molecule has 3 heteroatoms. The average Bonchev–Trinajstić information content (AvgIpc) is 2.34. The monoisotopic (exact) mass is 233 g/mol. The molecule has 2 aliphatic rings. The van der Waals surface area contributed by atoms with Gasteiger partial charge in [0.05, 0.1) is 0 Å². The van der Waals surface area contributed by atoms with Crippen molar-refractivity contribution in [3.05, 3.63) is 23.3 Å². The molecule has 17 heavy (non-hydrogen) atoms. The number of likely N-dealkylation sites (N-methyl/N-ethyl adjacent to an activating group) is 1. The molecule has 2 N–H and O–H groups in total. The highest BCUT2D eigenvalue weighted by Crippen LogP contribution is 2.45. The minimum atomic E-state index is 0.0198. The summed E-state index contributed by atoms with van der Waals surface area (Å²) in [5, 5.41) is 19.5. The zero-order valence-electron chi connectivity index (χ0n) is 10.2. The number of nitrogens with zero attached hydrogens (tertiary/aromatic N) is 1. The number of phenolic OH excluding ortho intramolecular Hbond substituents is 2. The summed E-state index contributed by atoms with van der Waals surface area (Å²) in [4.78, 5) is 2.45. The second kappa shape index (κ2) is 3.91. The molecule has 0 radical (unpaired) electrons. The highest BCUT2D eigenvalue weighted by Gasteiger charge is 2.35. The molecule has 1 fully saturated rings. The fourth-order valence-electron chi connectivity index (χ4n) is 3.55. The van der Waals surface area contributed by atoms with E-state index in [1.165, 1.54) is 24.9 Å². The van der Waals surface area contributed by atoms with Crippen LogP contribution in [-0.2, 0) is 6.42 Å². The molecule has 92 valence electrons. The van der Waals surface area contributed by atoms with Gasteiger partial charge in [0.1, 0.15) is 0 Å². The predicted octanol–water partition coefficient (Wildman–Crippen LogP) is 2.22. The molecule has 3 rings (SSSR count). The van der Waals surface area contributed by atoms with Gasteiger partial charge in [0, 0.05) is 11.6 Å². The molecule has 0 spiro atoms. The van der Waals surface area contributed by atoms with Crippen LogP contribution in [0.5, 0.6) is 11.5 Å². The molecular formula is C14H19NO2. The molecule has 1 heterocycles. The van der Waals surface area contributed by atoms with Gasteiger partial charge in [0.2, 0.25) is 0 Å². The zero-order chi connectivity index (χ0) is 12.0. The van der Waals surface area contributed by atoms with Crippen molar-refractivity contribution >= 4 is 0 Å². The van der Waals surface area contributed by atoms with Gasteiger partial charge in [-0.25, -0.2) is 0 Å². The molecule has 0 bridgehead atoms. The van der Waals surface area contributed by atoms with Crippen LogP contribution in [0.3, 0.4) is 0 Å². The Hall–Kier alpha value is -1.22. The molecule has 2 atom stereocenters. The SMILES string of the molecule is CN1CCC[C@H]2c3ccc(O)c(O)c3CC[C@@H]21. The van der Waals surface area contributed by atoms with Gasteiger partial charge in [-0.1, -0.05) is 6.07 Å². The Morgan fingerprint density at radius 1 is 1.24 bits per heavy atom. The summed E-state index contributed by atoms with van der Waals surface area (Å²) in [7, 11) is 2.20. The maximum Gasteiger partial charge on any atom is 0.160 e. The number of rotatable bonds is 0. The summed E-state index contributed by atoms with van der Waals surface area (Å²) in [5.41, 5.74) is 2.23. The molecule has 1 aliphatic heterocycles. The molecule has 1 aromatic carbocycles. The molecule has 1 aromatic rings. The second-order valence-electron chi connectivity index (χ2n) is 5.34. The van der Waals surface area contributed by atoms with Crippen LogP contribution in [0.25, 0.3) is 0 Å². The predicted molar refractivity (Wildman–Crippen MR) is 66.5 cm³/mol. The molecule has 0 aromatic heterocycles.